The van der Waals surface area contributed by atoms with E-state index in [1.54, 1.807) is 0 Å². The highest BCUT2D eigenvalue weighted by Crippen LogP contribution is 2.07. The topological polar surface area (TPSA) is 84.5 Å². The molecule has 0 aliphatic rings. The summed E-state index contributed by atoms with van der Waals surface area (Å²) >= 11 is 0. The van der Waals surface area contributed by atoms with Crippen LogP contribution in [0, 0.1) is 5.92 Å². The van der Waals surface area contributed by atoms with Gasteiger partial charge in [0, 0.05) is 18.4 Å². The van der Waals surface area contributed by atoms with E-state index in [2.05, 4.69) is 15.4 Å². The molecular weight excluding hydrogens is 272 g/mol. The van der Waals surface area contributed by atoms with Crippen LogP contribution in [0.3, 0.4) is 0 Å². The fraction of sp³-hybridized carbons (Fsp3) is 0.800. The average Bonchev–Trinajstić information content (AvgIpc) is 2.32. The maximum atomic E-state index is 11.8. The van der Waals surface area contributed by atoms with Gasteiger partial charge in [0.1, 0.15) is 6.04 Å². The summed E-state index contributed by atoms with van der Waals surface area (Å²) in [7, 11) is 1.29. The van der Waals surface area contributed by atoms with E-state index in [4.69, 9.17) is 0 Å². The first-order valence-corrected chi connectivity index (χ1v) is 7.23. The summed E-state index contributed by atoms with van der Waals surface area (Å²) in [4.78, 5) is 35.1. The van der Waals surface area contributed by atoms with Gasteiger partial charge in [0.2, 0.25) is 11.8 Å². The van der Waals surface area contributed by atoms with Crippen molar-refractivity contribution in [2.75, 3.05) is 7.11 Å². The van der Waals surface area contributed by atoms with Gasteiger partial charge in [-0.3, -0.25) is 9.59 Å². The van der Waals surface area contributed by atoms with Crippen molar-refractivity contribution in [3.63, 3.8) is 0 Å². The Bertz CT molecular complexity index is 372. The fourth-order valence-corrected chi connectivity index (χ4v) is 1.80. The number of esters is 1. The largest absolute Gasteiger partial charge is 0.467 e. The number of ether oxygens (including phenoxy) is 1. The molecule has 2 N–H and O–H groups in total. The van der Waals surface area contributed by atoms with Gasteiger partial charge in [-0.1, -0.05) is 13.8 Å². The summed E-state index contributed by atoms with van der Waals surface area (Å²) in [5.74, 6) is -0.721. The monoisotopic (exact) mass is 300 g/mol. The van der Waals surface area contributed by atoms with Gasteiger partial charge in [0.05, 0.1) is 7.11 Å². The van der Waals surface area contributed by atoms with Gasteiger partial charge in [-0.15, -0.1) is 0 Å². The maximum absolute atomic E-state index is 11.8. The summed E-state index contributed by atoms with van der Waals surface area (Å²) in [5, 5.41) is 5.41. The molecule has 122 valence electrons. The van der Waals surface area contributed by atoms with E-state index in [1.165, 1.54) is 7.11 Å². The minimum absolute atomic E-state index is 0.0491. The zero-order valence-corrected chi connectivity index (χ0v) is 13.9. The molecule has 0 aliphatic carbocycles. The molecule has 0 radical (unpaired) electrons. The summed E-state index contributed by atoms with van der Waals surface area (Å²) in [5.41, 5.74) is -0.320. The molecule has 0 saturated heterocycles. The quantitative estimate of drug-likeness (QED) is 0.696. The lowest BCUT2D eigenvalue weighted by molar-refractivity contribution is -0.145. The van der Waals surface area contributed by atoms with Gasteiger partial charge in [-0.25, -0.2) is 4.79 Å². The molecule has 0 spiro atoms. The van der Waals surface area contributed by atoms with E-state index in [0.717, 1.165) is 0 Å². The maximum Gasteiger partial charge on any atom is 0.328 e. The number of amides is 2. The Hall–Kier alpha value is -1.59. The van der Waals surface area contributed by atoms with Crippen LogP contribution in [-0.2, 0) is 19.1 Å². The van der Waals surface area contributed by atoms with Crippen molar-refractivity contribution in [3.8, 4) is 0 Å². The molecule has 0 aromatic heterocycles. The minimum atomic E-state index is -0.659. The lowest BCUT2D eigenvalue weighted by atomic mass is 10.0. The van der Waals surface area contributed by atoms with E-state index in [1.807, 2.05) is 34.6 Å². The average molecular weight is 300 g/mol. The Morgan fingerprint density at radius 3 is 2.00 bits per heavy atom. The van der Waals surface area contributed by atoms with Gasteiger partial charge >= 0.3 is 5.97 Å². The summed E-state index contributed by atoms with van der Waals surface area (Å²) in [6.45, 7) is 9.54. The van der Waals surface area contributed by atoms with E-state index >= 15 is 0 Å². The van der Waals surface area contributed by atoms with Crippen molar-refractivity contribution < 1.29 is 19.1 Å². The molecule has 0 aromatic carbocycles. The molecule has 0 aromatic rings. The van der Waals surface area contributed by atoms with Crippen LogP contribution in [0.15, 0.2) is 0 Å². The van der Waals surface area contributed by atoms with Crippen molar-refractivity contribution >= 4 is 17.8 Å². The first-order valence-electron chi connectivity index (χ1n) is 7.23. The van der Waals surface area contributed by atoms with Crippen LogP contribution in [0.1, 0.15) is 53.9 Å². The highest BCUT2D eigenvalue weighted by Gasteiger charge is 2.23. The van der Waals surface area contributed by atoms with Crippen LogP contribution in [-0.4, -0.2) is 36.5 Å². The number of nitrogens with one attached hydrogen (secondary N) is 2. The number of carbonyl (C=O) groups is 3. The highest BCUT2D eigenvalue weighted by molar-refractivity contribution is 5.87. The number of hydrogen-bond acceptors (Lipinski definition) is 4. The molecule has 6 nitrogen and oxygen atoms in total. The molecule has 0 rings (SSSR count). The molecule has 0 heterocycles. The first-order chi connectivity index (χ1) is 9.55. The number of methoxy groups -OCH3 is 1. The number of carbonyl (C=O) groups excluding carboxylic acids is 3. The zero-order chi connectivity index (χ0) is 16.6. The molecule has 1 unspecified atom stereocenters. The Labute approximate surface area is 127 Å². The highest BCUT2D eigenvalue weighted by atomic mass is 16.5. The fourth-order valence-electron chi connectivity index (χ4n) is 1.80. The molecule has 0 fully saturated rings. The summed E-state index contributed by atoms with van der Waals surface area (Å²) in [6, 6.07) is -0.659. The van der Waals surface area contributed by atoms with E-state index in [0.29, 0.717) is 6.42 Å². The van der Waals surface area contributed by atoms with Crippen molar-refractivity contribution in [1.82, 2.24) is 10.6 Å². The molecule has 21 heavy (non-hydrogen) atoms. The molecule has 0 saturated carbocycles. The molecule has 2 amide bonds. The Morgan fingerprint density at radius 2 is 1.57 bits per heavy atom. The molecule has 1 atom stereocenters. The zero-order valence-electron chi connectivity index (χ0n) is 13.9. The van der Waals surface area contributed by atoms with Crippen molar-refractivity contribution in [2.45, 2.75) is 65.5 Å². The second kappa shape index (κ2) is 8.64. The van der Waals surface area contributed by atoms with E-state index in [9.17, 15) is 14.4 Å². The third-order valence-electron chi connectivity index (χ3n) is 2.62. The molecule has 6 heteroatoms. The van der Waals surface area contributed by atoms with Crippen molar-refractivity contribution in [1.29, 1.82) is 0 Å². The SMILES string of the molecule is COC(=O)C(CC(C)C)NC(=O)CCC(=O)NC(C)(C)C. The van der Waals surface area contributed by atoms with Crippen molar-refractivity contribution in [2.24, 2.45) is 5.92 Å². The van der Waals surface area contributed by atoms with Gasteiger partial charge < -0.3 is 15.4 Å². The third kappa shape index (κ3) is 9.87. The molecule has 0 bridgehead atoms. The normalized spacial score (nSPS) is 12.7. The number of hydrogen-bond donors (Lipinski definition) is 2. The van der Waals surface area contributed by atoms with E-state index in [-0.39, 0.29) is 36.1 Å². The van der Waals surface area contributed by atoms with Gasteiger partial charge in [-0.05, 0) is 33.1 Å². The number of rotatable bonds is 7. The van der Waals surface area contributed by atoms with Crippen LogP contribution in [0.4, 0.5) is 0 Å². The molecular formula is C15H28N2O4. The lowest BCUT2D eigenvalue weighted by Gasteiger charge is -2.21. The summed E-state index contributed by atoms with van der Waals surface area (Å²) in [6.07, 6.45) is 0.652. The van der Waals surface area contributed by atoms with Crippen LogP contribution < -0.4 is 10.6 Å². The van der Waals surface area contributed by atoms with Crippen molar-refractivity contribution in [3.05, 3.63) is 0 Å². The predicted octanol–water partition coefficient (Wildman–Crippen LogP) is 1.39. The Balaban J connectivity index is 4.32. The van der Waals surface area contributed by atoms with Crippen LogP contribution in [0.5, 0.6) is 0 Å². The minimum Gasteiger partial charge on any atom is -0.467 e. The van der Waals surface area contributed by atoms with Crippen LogP contribution in [0.2, 0.25) is 0 Å². The standard InChI is InChI=1S/C15H28N2O4/c1-10(2)9-11(14(20)21-6)16-12(18)7-8-13(19)17-15(3,4)5/h10-11H,7-9H2,1-6H3,(H,16,18)(H,17,19). The Morgan fingerprint density at radius 1 is 1.05 bits per heavy atom. The predicted molar refractivity (Wildman–Crippen MR) is 80.5 cm³/mol. The summed E-state index contributed by atoms with van der Waals surface area (Å²) < 4.78 is 4.67. The van der Waals surface area contributed by atoms with Gasteiger partial charge in [0.15, 0.2) is 0 Å². The van der Waals surface area contributed by atoms with Crippen LogP contribution >= 0.6 is 0 Å². The van der Waals surface area contributed by atoms with Crippen LogP contribution in [0.25, 0.3) is 0 Å². The second-order valence-corrected chi connectivity index (χ2v) is 6.57. The molecule has 0 aliphatic heterocycles. The Kier molecular flexibility index (Phi) is 7.99. The van der Waals surface area contributed by atoms with Gasteiger partial charge in [-0.2, -0.15) is 0 Å². The second-order valence-electron chi connectivity index (χ2n) is 6.57. The first kappa shape index (κ1) is 19.4. The lowest BCUT2D eigenvalue weighted by Crippen LogP contribution is -2.43. The van der Waals surface area contributed by atoms with Gasteiger partial charge in [0.25, 0.3) is 0 Å². The smallest absolute Gasteiger partial charge is 0.328 e. The third-order valence-corrected chi connectivity index (χ3v) is 2.62. The van der Waals surface area contributed by atoms with E-state index < -0.39 is 12.0 Å².